The van der Waals surface area contributed by atoms with Crippen molar-refractivity contribution in [1.29, 1.82) is 0 Å². The molecular weight excluding hydrogens is 287 g/mol. The van der Waals surface area contributed by atoms with Gasteiger partial charge in [-0.2, -0.15) is 0 Å². The second-order valence-corrected chi connectivity index (χ2v) is 6.07. The average molecular weight is 302 g/mol. The maximum atomic E-state index is 13.0. The summed E-state index contributed by atoms with van der Waals surface area (Å²) in [7, 11) is 1.64. The second kappa shape index (κ2) is 5.77. The van der Waals surface area contributed by atoms with Crippen LogP contribution in [0.2, 0.25) is 0 Å². The Morgan fingerprint density at radius 1 is 1.19 bits per heavy atom. The van der Waals surface area contributed by atoms with E-state index in [9.17, 15) is 4.39 Å². The molecule has 108 valence electrons. The molecule has 1 heterocycles. The van der Waals surface area contributed by atoms with Crippen LogP contribution in [0.4, 0.5) is 4.39 Å². The Balaban J connectivity index is 1.82. The molecule has 3 nitrogen and oxygen atoms in total. The zero-order valence-electron chi connectivity index (χ0n) is 11.8. The maximum absolute atomic E-state index is 13.0. The number of thioether (sulfide) groups is 1. The van der Waals surface area contributed by atoms with Crippen LogP contribution in [-0.2, 0) is 0 Å². The molecule has 0 amide bonds. The van der Waals surface area contributed by atoms with Gasteiger partial charge >= 0.3 is 0 Å². The fraction of sp³-hybridized carbons (Fsp3) is 0.188. The van der Waals surface area contributed by atoms with Gasteiger partial charge < -0.3 is 9.72 Å². The summed E-state index contributed by atoms with van der Waals surface area (Å²) in [6.45, 7) is 2.08. The average Bonchev–Trinajstić information content (AvgIpc) is 2.88. The SMILES string of the molecule is COc1ccc2nc(S[C@@H](C)c3ccc(F)cc3)[nH]c2c1. The molecule has 21 heavy (non-hydrogen) atoms. The van der Waals surface area contributed by atoms with Crippen LogP contribution < -0.4 is 4.74 Å². The summed E-state index contributed by atoms with van der Waals surface area (Å²) in [5.41, 5.74) is 2.92. The van der Waals surface area contributed by atoms with Gasteiger partial charge in [0.1, 0.15) is 11.6 Å². The van der Waals surface area contributed by atoms with Gasteiger partial charge in [-0.1, -0.05) is 23.9 Å². The Hall–Kier alpha value is -2.01. The number of ether oxygens (including phenoxy) is 1. The summed E-state index contributed by atoms with van der Waals surface area (Å²) in [6.07, 6.45) is 0. The minimum atomic E-state index is -0.216. The van der Waals surface area contributed by atoms with E-state index in [0.29, 0.717) is 0 Å². The van der Waals surface area contributed by atoms with Crippen molar-refractivity contribution < 1.29 is 9.13 Å². The number of hydrogen-bond acceptors (Lipinski definition) is 3. The number of imidazole rings is 1. The van der Waals surface area contributed by atoms with E-state index in [1.807, 2.05) is 18.2 Å². The molecule has 0 spiro atoms. The van der Waals surface area contributed by atoms with Crippen molar-refractivity contribution in [3.05, 3.63) is 53.8 Å². The molecule has 3 rings (SSSR count). The van der Waals surface area contributed by atoms with Crippen molar-refractivity contribution in [3.8, 4) is 5.75 Å². The number of benzene rings is 2. The van der Waals surface area contributed by atoms with E-state index >= 15 is 0 Å². The lowest BCUT2D eigenvalue weighted by Gasteiger charge is -2.09. The van der Waals surface area contributed by atoms with Crippen molar-refractivity contribution in [2.45, 2.75) is 17.3 Å². The van der Waals surface area contributed by atoms with Crippen molar-refractivity contribution in [2.24, 2.45) is 0 Å². The van der Waals surface area contributed by atoms with E-state index in [0.717, 1.165) is 27.5 Å². The van der Waals surface area contributed by atoms with Crippen LogP contribution in [0.5, 0.6) is 5.75 Å². The van der Waals surface area contributed by atoms with E-state index in [4.69, 9.17) is 4.74 Å². The molecule has 0 fully saturated rings. The van der Waals surface area contributed by atoms with Gasteiger partial charge in [-0.05, 0) is 36.8 Å². The Labute approximate surface area is 126 Å². The predicted octanol–water partition coefficient (Wildman–Crippen LogP) is 4.56. The van der Waals surface area contributed by atoms with Crippen LogP contribution in [0.3, 0.4) is 0 Å². The van der Waals surface area contributed by atoms with Gasteiger partial charge in [0.2, 0.25) is 0 Å². The Kier molecular flexibility index (Phi) is 3.84. The first kappa shape index (κ1) is 13.9. The first-order chi connectivity index (χ1) is 10.2. The third kappa shape index (κ3) is 3.03. The molecule has 0 aliphatic rings. The minimum absolute atomic E-state index is 0.188. The number of halogens is 1. The highest BCUT2D eigenvalue weighted by Crippen LogP contribution is 2.34. The third-order valence-corrected chi connectivity index (χ3v) is 4.34. The van der Waals surface area contributed by atoms with Gasteiger partial charge in [0.25, 0.3) is 0 Å². The molecule has 0 radical (unpaired) electrons. The normalized spacial score (nSPS) is 12.5. The highest BCUT2D eigenvalue weighted by Gasteiger charge is 2.11. The van der Waals surface area contributed by atoms with E-state index < -0.39 is 0 Å². The number of hydrogen-bond donors (Lipinski definition) is 1. The lowest BCUT2D eigenvalue weighted by atomic mass is 10.2. The number of nitrogens with zero attached hydrogens (tertiary/aromatic N) is 1. The molecule has 2 aromatic carbocycles. The predicted molar refractivity (Wildman–Crippen MR) is 83.3 cm³/mol. The molecule has 0 aliphatic heterocycles. The number of nitrogens with one attached hydrogen (secondary N) is 1. The van der Waals surface area contributed by atoms with Crippen LogP contribution >= 0.6 is 11.8 Å². The highest BCUT2D eigenvalue weighted by atomic mass is 32.2. The van der Waals surface area contributed by atoms with Crippen molar-refractivity contribution in [3.63, 3.8) is 0 Å². The largest absolute Gasteiger partial charge is 0.497 e. The molecule has 0 bridgehead atoms. The van der Waals surface area contributed by atoms with Crippen molar-refractivity contribution >= 4 is 22.8 Å². The summed E-state index contributed by atoms with van der Waals surface area (Å²) in [5.74, 6) is 0.584. The van der Waals surface area contributed by atoms with Gasteiger partial charge in [0.05, 0.1) is 18.1 Å². The Bertz CT molecular complexity index is 755. The molecule has 0 aliphatic carbocycles. The topological polar surface area (TPSA) is 37.9 Å². The molecule has 0 saturated carbocycles. The fourth-order valence-corrected chi connectivity index (χ4v) is 3.07. The zero-order valence-corrected chi connectivity index (χ0v) is 12.6. The molecule has 1 atom stereocenters. The summed E-state index contributed by atoms with van der Waals surface area (Å²) in [4.78, 5) is 7.83. The van der Waals surface area contributed by atoms with Crippen molar-refractivity contribution in [2.75, 3.05) is 7.11 Å². The molecule has 1 N–H and O–H groups in total. The maximum Gasteiger partial charge on any atom is 0.166 e. The third-order valence-electron chi connectivity index (χ3n) is 3.30. The van der Waals surface area contributed by atoms with Crippen LogP contribution in [0.25, 0.3) is 11.0 Å². The second-order valence-electron chi connectivity index (χ2n) is 4.74. The number of rotatable bonds is 4. The number of fused-ring (bicyclic) bond motifs is 1. The summed E-state index contributed by atoms with van der Waals surface area (Å²) in [6, 6.07) is 12.3. The van der Waals surface area contributed by atoms with Gasteiger partial charge in [0.15, 0.2) is 5.16 Å². The monoisotopic (exact) mass is 302 g/mol. The van der Waals surface area contributed by atoms with E-state index in [1.54, 1.807) is 31.0 Å². The lowest BCUT2D eigenvalue weighted by molar-refractivity contribution is 0.415. The van der Waals surface area contributed by atoms with Crippen molar-refractivity contribution in [1.82, 2.24) is 9.97 Å². The molecule has 5 heteroatoms. The van der Waals surface area contributed by atoms with Crippen LogP contribution in [0, 0.1) is 5.82 Å². The summed E-state index contributed by atoms with van der Waals surface area (Å²) in [5, 5.41) is 1.03. The molecule has 3 aromatic rings. The van der Waals surface area contributed by atoms with Gasteiger partial charge in [-0.15, -0.1) is 0 Å². The van der Waals surface area contributed by atoms with E-state index in [2.05, 4.69) is 16.9 Å². The quantitative estimate of drug-likeness (QED) is 0.718. The Morgan fingerprint density at radius 3 is 2.67 bits per heavy atom. The summed E-state index contributed by atoms with van der Waals surface area (Å²) >= 11 is 1.61. The molecular formula is C16H15FN2OS. The number of aromatic amines is 1. The van der Waals surface area contributed by atoms with Crippen LogP contribution in [0.1, 0.15) is 17.7 Å². The lowest BCUT2D eigenvalue weighted by Crippen LogP contribution is -1.89. The molecule has 1 aromatic heterocycles. The van der Waals surface area contributed by atoms with E-state index in [1.165, 1.54) is 12.1 Å². The smallest absolute Gasteiger partial charge is 0.166 e. The van der Waals surface area contributed by atoms with Crippen LogP contribution in [0.15, 0.2) is 47.6 Å². The first-order valence-electron chi connectivity index (χ1n) is 6.61. The molecule has 0 unspecified atom stereocenters. The van der Waals surface area contributed by atoms with E-state index in [-0.39, 0.29) is 11.1 Å². The van der Waals surface area contributed by atoms with Gasteiger partial charge in [-0.3, -0.25) is 0 Å². The van der Waals surface area contributed by atoms with Gasteiger partial charge in [-0.25, -0.2) is 9.37 Å². The van der Waals surface area contributed by atoms with Gasteiger partial charge in [0, 0.05) is 11.3 Å². The van der Waals surface area contributed by atoms with Crippen LogP contribution in [-0.4, -0.2) is 17.1 Å². The Morgan fingerprint density at radius 2 is 1.95 bits per heavy atom. The summed E-state index contributed by atoms with van der Waals surface area (Å²) < 4.78 is 18.2. The minimum Gasteiger partial charge on any atom is -0.497 e. The highest BCUT2D eigenvalue weighted by molar-refractivity contribution is 7.99. The first-order valence-corrected chi connectivity index (χ1v) is 7.49. The number of aromatic nitrogens is 2. The standard InChI is InChI=1S/C16H15FN2OS/c1-10(11-3-5-12(17)6-4-11)21-16-18-14-8-7-13(20-2)9-15(14)19-16/h3-10H,1-2H3,(H,18,19)/t10-/m0/s1. The fourth-order valence-electron chi connectivity index (χ4n) is 2.12. The number of H-pyrrole nitrogens is 1. The number of methoxy groups -OCH3 is 1. The molecule has 0 saturated heterocycles. The zero-order chi connectivity index (χ0) is 14.8.